The highest BCUT2D eigenvalue weighted by atomic mass is 16.3. The first kappa shape index (κ1) is 14.8. The lowest BCUT2D eigenvalue weighted by Crippen LogP contribution is -2.49. The van der Waals surface area contributed by atoms with E-state index in [-0.39, 0.29) is 11.9 Å². The number of aryl methyl sites for hydroxylation is 2. The van der Waals surface area contributed by atoms with Gasteiger partial charge in [0.25, 0.3) is 0 Å². The molecule has 2 aromatic heterocycles. The molecule has 22 heavy (non-hydrogen) atoms. The number of nitrogens with zero attached hydrogens (tertiary/aromatic N) is 4. The van der Waals surface area contributed by atoms with Gasteiger partial charge in [-0.15, -0.1) is 0 Å². The summed E-state index contributed by atoms with van der Waals surface area (Å²) >= 11 is 0. The van der Waals surface area contributed by atoms with E-state index in [0.29, 0.717) is 19.4 Å². The highest BCUT2D eigenvalue weighted by molar-refractivity contribution is 5.76. The molecule has 118 valence electrons. The third-order valence-electron chi connectivity index (χ3n) is 4.32. The zero-order valence-electron chi connectivity index (χ0n) is 13.1. The van der Waals surface area contributed by atoms with Crippen molar-refractivity contribution in [2.24, 2.45) is 7.05 Å². The van der Waals surface area contributed by atoms with Crippen molar-refractivity contribution in [3.05, 3.63) is 42.4 Å². The van der Waals surface area contributed by atoms with Crippen LogP contribution >= 0.6 is 0 Å². The topological polar surface area (TPSA) is 54.5 Å². The normalized spacial score (nSPS) is 19.5. The minimum absolute atomic E-state index is 0.154. The Balaban J connectivity index is 1.62. The molecule has 0 bridgehead atoms. The van der Waals surface area contributed by atoms with E-state index in [9.17, 15) is 4.79 Å². The number of amides is 1. The van der Waals surface area contributed by atoms with Crippen molar-refractivity contribution < 1.29 is 9.21 Å². The van der Waals surface area contributed by atoms with Gasteiger partial charge in [0, 0.05) is 51.9 Å². The number of furan rings is 1. The molecule has 0 radical (unpaired) electrons. The van der Waals surface area contributed by atoms with Crippen LogP contribution in [0.3, 0.4) is 0 Å². The van der Waals surface area contributed by atoms with E-state index in [1.807, 2.05) is 34.8 Å². The van der Waals surface area contributed by atoms with Crippen LogP contribution in [-0.2, 0) is 18.3 Å². The maximum absolute atomic E-state index is 12.4. The number of hydrogen-bond donors (Lipinski definition) is 0. The van der Waals surface area contributed by atoms with E-state index in [0.717, 1.165) is 24.7 Å². The fraction of sp³-hybridized carbons (Fsp3) is 0.500. The van der Waals surface area contributed by atoms with Gasteiger partial charge in [-0.25, -0.2) is 4.98 Å². The molecule has 3 rings (SSSR count). The van der Waals surface area contributed by atoms with Crippen LogP contribution in [0, 0.1) is 0 Å². The standard InChI is InChI=1S/C16H22N4O2/c1-18-9-10-20(12-14(18)16-17-7-8-19(16)2)15(21)6-5-13-4-3-11-22-13/h3-4,7-8,11,14H,5-6,9-10,12H2,1-2H3/t14-/m1/s1. The van der Waals surface area contributed by atoms with Crippen LogP contribution in [0.25, 0.3) is 0 Å². The number of imidazole rings is 1. The van der Waals surface area contributed by atoms with E-state index in [4.69, 9.17) is 4.42 Å². The van der Waals surface area contributed by atoms with Crippen molar-refractivity contribution in [2.75, 3.05) is 26.7 Å². The molecule has 6 nitrogen and oxygen atoms in total. The van der Waals surface area contributed by atoms with Gasteiger partial charge in [0.05, 0.1) is 12.3 Å². The molecular formula is C16H22N4O2. The molecule has 0 saturated carbocycles. The van der Waals surface area contributed by atoms with Crippen LogP contribution in [-0.4, -0.2) is 51.9 Å². The summed E-state index contributed by atoms with van der Waals surface area (Å²) in [5, 5.41) is 0. The van der Waals surface area contributed by atoms with Crippen LogP contribution in [0.4, 0.5) is 0 Å². The molecule has 0 aromatic carbocycles. The summed E-state index contributed by atoms with van der Waals surface area (Å²) in [6.45, 7) is 2.33. The fourth-order valence-electron chi connectivity index (χ4n) is 2.92. The largest absolute Gasteiger partial charge is 0.469 e. The molecule has 3 heterocycles. The highest BCUT2D eigenvalue weighted by Gasteiger charge is 2.30. The predicted octanol–water partition coefficient (Wildman–Crippen LogP) is 1.46. The van der Waals surface area contributed by atoms with Gasteiger partial charge in [0.2, 0.25) is 5.91 Å². The quantitative estimate of drug-likeness (QED) is 0.858. The summed E-state index contributed by atoms with van der Waals surface area (Å²) in [4.78, 5) is 21.1. The van der Waals surface area contributed by atoms with Crippen molar-refractivity contribution in [3.63, 3.8) is 0 Å². The Morgan fingerprint density at radius 1 is 1.41 bits per heavy atom. The smallest absolute Gasteiger partial charge is 0.223 e. The summed E-state index contributed by atoms with van der Waals surface area (Å²) in [6.07, 6.45) is 6.55. The minimum atomic E-state index is 0.154. The van der Waals surface area contributed by atoms with Crippen molar-refractivity contribution in [1.29, 1.82) is 0 Å². The van der Waals surface area contributed by atoms with Crippen molar-refractivity contribution in [3.8, 4) is 0 Å². The molecule has 1 aliphatic rings. The molecule has 2 aromatic rings. The molecule has 1 aliphatic heterocycles. The van der Waals surface area contributed by atoms with Gasteiger partial charge in [0.1, 0.15) is 11.6 Å². The third kappa shape index (κ3) is 3.06. The van der Waals surface area contributed by atoms with E-state index in [1.165, 1.54) is 0 Å². The first-order valence-corrected chi connectivity index (χ1v) is 7.63. The molecule has 0 N–H and O–H groups in total. The molecule has 1 saturated heterocycles. The van der Waals surface area contributed by atoms with E-state index in [1.54, 1.807) is 12.5 Å². The number of likely N-dealkylation sites (N-methyl/N-ethyl adjacent to an activating group) is 1. The minimum Gasteiger partial charge on any atom is -0.469 e. The van der Waals surface area contributed by atoms with Gasteiger partial charge in [-0.05, 0) is 19.2 Å². The number of piperazine rings is 1. The lowest BCUT2D eigenvalue weighted by molar-refractivity contribution is -0.134. The summed E-state index contributed by atoms with van der Waals surface area (Å²) in [5.41, 5.74) is 0. The Hall–Kier alpha value is -2.08. The Kier molecular flexibility index (Phi) is 4.29. The van der Waals surface area contributed by atoms with E-state index < -0.39 is 0 Å². The second-order valence-electron chi connectivity index (χ2n) is 5.81. The van der Waals surface area contributed by atoms with Crippen molar-refractivity contribution in [2.45, 2.75) is 18.9 Å². The fourth-order valence-corrected chi connectivity index (χ4v) is 2.92. The second-order valence-corrected chi connectivity index (χ2v) is 5.81. The molecule has 1 atom stereocenters. The first-order valence-electron chi connectivity index (χ1n) is 7.63. The van der Waals surface area contributed by atoms with Crippen molar-refractivity contribution >= 4 is 5.91 Å². The van der Waals surface area contributed by atoms with Gasteiger partial charge in [-0.2, -0.15) is 0 Å². The Labute approximate surface area is 130 Å². The monoisotopic (exact) mass is 302 g/mol. The van der Waals surface area contributed by atoms with E-state index in [2.05, 4.69) is 16.9 Å². The van der Waals surface area contributed by atoms with Gasteiger partial charge >= 0.3 is 0 Å². The van der Waals surface area contributed by atoms with Crippen LogP contribution in [0.15, 0.2) is 35.2 Å². The molecule has 1 fully saturated rings. The molecule has 0 aliphatic carbocycles. The molecular weight excluding hydrogens is 280 g/mol. The Morgan fingerprint density at radius 2 is 2.27 bits per heavy atom. The number of carbonyl (C=O) groups excluding carboxylic acids is 1. The summed E-state index contributed by atoms with van der Waals surface area (Å²) in [7, 11) is 4.08. The van der Waals surface area contributed by atoms with Gasteiger partial charge < -0.3 is 13.9 Å². The number of aromatic nitrogens is 2. The predicted molar refractivity (Wildman–Crippen MR) is 82.2 cm³/mol. The van der Waals surface area contributed by atoms with Crippen molar-refractivity contribution in [1.82, 2.24) is 19.4 Å². The summed E-state index contributed by atoms with van der Waals surface area (Å²) in [5.74, 6) is 2.05. The van der Waals surface area contributed by atoms with Crippen LogP contribution in [0.1, 0.15) is 24.0 Å². The van der Waals surface area contributed by atoms with Gasteiger partial charge in [0.15, 0.2) is 0 Å². The molecule has 6 heteroatoms. The summed E-state index contributed by atoms with van der Waals surface area (Å²) in [6, 6.07) is 3.92. The third-order valence-corrected chi connectivity index (χ3v) is 4.32. The van der Waals surface area contributed by atoms with Crippen LogP contribution in [0.5, 0.6) is 0 Å². The number of rotatable bonds is 4. The molecule has 1 amide bonds. The molecule has 0 spiro atoms. The Bertz CT molecular complexity index is 620. The maximum Gasteiger partial charge on any atom is 0.223 e. The lowest BCUT2D eigenvalue weighted by Gasteiger charge is -2.39. The average Bonchev–Trinajstić information content (AvgIpc) is 3.17. The maximum atomic E-state index is 12.4. The van der Waals surface area contributed by atoms with Gasteiger partial charge in [-0.3, -0.25) is 9.69 Å². The summed E-state index contributed by atoms with van der Waals surface area (Å²) < 4.78 is 7.32. The molecule has 0 unspecified atom stereocenters. The first-order chi connectivity index (χ1) is 10.6. The highest BCUT2D eigenvalue weighted by Crippen LogP contribution is 2.23. The average molecular weight is 302 g/mol. The zero-order valence-corrected chi connectivity index (χ0v) is 13.1. The number of hydrogen-bond acceptors (Lipinski definition) is 4. The van der Waals surface area contributed by atoms with E-state index >= 15 is 0 Å². The zero-order chi connectivity index (χ0) is 15.5. The van der Waals surface area contributed by atoms with Crippen LogP contribution < -0.4 is 0 Å². The second kappa shape index (κ2) is 6.36. The number of carbonyl (C=O) groups is 1. The SMILES string of the molecule is CN1CCN(C(=O)CCc2ccco2)C[C@@H]1c1nccn1C. The van der Waals surface area contributed by atoms with Gasteiger partial charge in [-0.1, -0.05) is 0 Å². The lowest BCUT2D eigenvalue weighted by atomic mass is 10.1. The Morgan fingerprint density at radius 3 is 2.95 bits per heavy atom. The van der Waals surface area contributed by atoms with Crippen LogP contribution in [0.2, 0.25) is 0 Å².